The van der Waals surface area contributed by atoms with Crippen molar-refractivity contribution in [2.45, 2.75) is 26.2 Å². The standard InChI is InChI=1S/C16H27N3O.HI/c1-5-6-12-19(3)16(17-2)18-11-10-14-8-7-9-15(13-14)20-4;/h7-9,13H,5-6,10-12H2,1-4H3,(H,17,18);1H. The highest BCUT2D eigenvalue weighted by atomic mass is 127. The van der Waals surface area contributed by atoms with E-state index in [1.54, 1.807) is 7.11 Å². The molecule has 0 aliphatic carbocycles. The molecule has 0 amide bonds. The predicted octanol–water partition coefficient (Wildman–Crippen LogP) is 3.16. The summed E-state index contributed by atoms with van der Waals surface area (Å²) in [5.74, 6) is 1.87. The normalized spacial score (nSPS) is 10.8. The van der Waals surface area contributed by atoms with E-state index in [0.29, 0.717) is 0 Å². The first-order chi connectivity index (χ1) is 9.71. The zero-order valence-corrected chi connectivity index (χ0v) is 15.9. The highest BCUT2D eigenvalue weighted by Crippen LogP contribution is 2.12. The third-order valence-electron chi connectivity index (χ3n) is 3.25. The highest BCUT2D eigenvalue weighted by molar-refractivity contribution is 14.0. The summed E-state index contributed by atoms with van der Waals surface area (Å²) in [4.78, 5) is 6.49. The summed E-state index contributed by atoms with van der Waals surface area (Å²) >= 11 is 0. The van der Waals surface area contributed by atoms with Crippen LogP contribution in [0.4, 0.5) is 0 Å². The molecule has 120 valence electrons. The summed E-state index contributed by atoms with van der Waals surface area (Å²) in [6.45, 7) is 4.11. The molecular formula is C16H28IN3O. The van der Waals surface area contributed by atoms with E-state index in [2.05, 4.69) is 41.3 Å². The van der Waals surface area contributed by atoms with Gasteiger partial charge in [-0.3, -0.25) is 4.99 Å². The number of methoxy groups -OCH3 is 1. The second-order valence-electron chi connectivity index (χ2n) is 4.85. The van der Waals surface area contributed by atoms with E-state index >= 15 is 0 Å². The fourth-order valence-electron chi connectivity index (χ4n) is 2.03. The van der Waals surface area contributed by atoms with Crippen LogP contribution in [0.1, 0.15) is 25.3 Å². The number of benzene rings is 1. The first-order valence-electron chi connectivity index (χ1n) is 7.26. The van der Waals surface area contributed by atoms with Gasteiger partial charge in [-0.1, -0.05) is 25.5 Å². The van der Waals surface area contributed by atoms with Crippen LogP contribution < -0.4 is 10.1 Å². The van der Waals surface area contributed by atoms with Gasteiger partial charge in [0.05, 0.1) is 7.11 Å². The second kappa shape index (κ2) is 11.7. The Morgan fingerprint density at radius 3 is 2.76 bits per heavy atom. The zero-order valence-electron chi connectivity index (χ0n) is 13.6. The van der Waals surface area contributed by atoms with Gasteiger partial charge in [0.15, 0.2) is 5.96 Å². The molecule has 0 atom stereocenters. The Hall–Kier alpha value is -0.980. The number of halogens is 1. The monoisotopic (exact) mass is 405 g/mol. The third-order valence-corrected chi connectivity index (χ3v) is 3.25. The molecule has 0 radical (unpaired) electrons. The van der Waals surface area contributed by atoms with E-state index in [4.69, 9.17) is 4.74 Å². The van der Waals surface area contributed by atoms with Gasteiger partial charge in [0.1, 0.15) is 5.75 Å². The topological polar surface area (TPSA) is 36.9 Å². The van der Waals surface area contributed by atoms with Crippen LogP contribution in [-0.4, -0.2) is 45.2 Å². The maximum atomic E-state index is 5.23. The first kappa shape index (κ1) is 20.0. The maximum absolute atomic E-state index is 5.23. The van der Waals surface area contributed by atoms with Crippen molar-refractivity contribution in [2.24, 2.45) is 4.99 Å². The lowest BCUT2D eigenvalue weighted by Gasteiger charge is -2.21. The van der Waals surface area contributed by atoms with Gasteiger partial charge in [-0.05, 0) is 30.5 Å². The lowest BCUT2D eigenvalue weighted by Crippen LogP contribution is -2.40. The Labute approximate surface area is 146 Å². The third kappa shape index (κ3) is 7.55. The molecule has 0 unspecified atom stereocenters. The average molecular weight is 405 g/mol. The van der Waals surface area contributed by atoms with Crippen LogP contribution >= 0.6 is 24.0 Å². The number of aliphatic imine (C=N–C) groups is 1. The maximum Gasteiger partial charge on any atom is 0.193 e. The summed E-state index contributed by atoms with van der Waals surface area (Å²) in [5, 5.41) is 3.40. The number of nitrogens with zero attached hydrogens (tertiary/aromatic N) is 2. The number of rotatable bonds is 7. The number of ether oxygens (including phenoxy) is 1. The highest BCUT2D eigenvalue weighted by Gasteiger charge is 2.04. The van der Waals surface area contributed by atoms with Gasteiger partial charge in [0, 0.05) is 27.2 Å². The molecule has 0 aliphatic heterocycles. The van der Waals surface area contributed by atoms with Gasteiger partial charge in [0.25, 0.3) is 0 Å². The molecule has 1 aromatic carbocycles. The molecular weight excluding hydrogens is 377 g/mol. The van der Waals surface area contributed by atoms with Crippen molar-refractivity contribution in [1.82, 2.24) is 10.2 Å². The van der Waals surface area contributed by atoms with Crippen LogP contribution in [0.15, 0.2) is 29.3 Å². The van der Waals surface area contributed by atoms with Gasteiger partial charge in [-0.15, -0.1) is 24.0 Å². The Morgan fingerprint density at radius 1 is 1.38 bits per heavy atom. The summed E-state index contributed by atoms with van der Waals surface area (Å²) < 4.78 is 5.23. The SMILES string of the molecule is CCCCN(C)C(=NC)NCCc1cccc(OC)c1.I. The lowest BCUT2D eigenvalue weighted by atomic mass is 10.1. The van der Waals surface area contributed by atoms with Crippen LogP contribution in [0, 0.1) is 0 Å². The number of guanidine groups is 1. The van der Waals surface area contributed by atoms with Crippen molar-refractivity contribution in [1.29, 1.82) is 0 Å². The number of nitrogens with one attached hydrogen (secondary N) is 1. The lowest BCUT2D eigenvalue weighted by molar-refractivity contribution is 0.414. The van der Waals surface area contributed by atoms with Gasteiger partial charge in [-0.25, -0.2) is 0 Å². The molecule has 0 saturated heterocycles. The number of unbranched alkanes of at least 4 members (excludes halogenated alkanes) is 1. The average Bonchev–Trinajstić information content (AvgIpc) is 2.49. The van der Waals surface area contributed by atoms with Crippen LogP contribution in [0.5, 0.6) is 5.75 Å². The summed E-state index contributed by atoms with van der Waals surface area (Å²) in [6, 6.07) is 8.18. The van der Waals surface area contributed by atoms with Gasteiger partial charge in [0.2, 0.25) is 0 Å². The van der Waals surface area contributed by atoms with Crippen LogP contribution in [-0.2, 0) is 6.42 Å². The quantitative estimate of drug-likeness (QED) is 0.430. The number of hydrogen-bond acceptors (Lipinski definition) is 2. The molecule has 1 aromatic rings. The summed E-state index contributed by atoms with van der Waals surface area (Å²) in [6.07, 6.45) is 3.34. The Bertz CT molecular complexity index is 424. The van der Waals surface area contributed by atoms with Crippen molar-refractivity contribution < 1.29 is 4.74 Å². The second-order valence-corrected chi connectivity index (χ2v) is 4.85. The fourth-order valence-corrected chi connectivity index (χ4v) is 2.03. The van der Waals surface area contributed by atoms with E-state index < -0.39 is 0 Å². The predicted molar refractivity (Wildman–Crippen MR) is 101 cm³/mol. The largest absolute Gasteiger partial charge is 0.497 e. The van der Waals surface area contributed by atoms with Crippen molar-refractivity contribution in [3.8, 4) is 5.75 Å². The Balaban J connectivity index is 0.00000400. The van der Waals surface area contributed by atoms with Crippen LogP contribution in [0.25, 0.3) is 0 Å². The minimum Gasteiger partial charge on any atom is -0.497 e. The minimum atomic E-state index is 0. The van der Waals surface area contributed by atoms with Gasteiger partial charge in [-0.2, -0.15) is 0 Å². The molecule has 1 rings (SSSR count). The molecule has 4 nitrogen and oxygen atoms in total. The minimum absolute atomic E-state index is 0. The molecule has 1 N–H and O–H groups in total. The van der Waals surface area contributed by atoms with Crippen molar-refractivity contribution in [3.63, 3.8) is 0 Å². The molecule has 0 heterocycles. The molecule has 0 aliphatic rings. The van der Waals surface area contributed by atoms with Crippen molar-refractivity contribution in [3.05, 3.63) is 29.8 Å². The molecule has 21 heavy (non-hydrogen) atoms. The zero-order chi connectivity index (χ0) is 14.8. The Morgan fingerprint density at radius 2 is 2.14 bits per heavy atom. The van der Waals surface area contributed by atoms with E-state index in [-0.39, 0.29) is 24.0 Å². The van der Waals surface area contributed by atoms with Crippen LogP contribution in [0.2, 0.25) is 0 Å². The van der Waals surface area contributed by atoms with Crippen molar-refractivity contribution in [2.75, 3.05) is 34.3 Å². The first-order valence-corrected chi connectivity index (χ1v) is 7.26. The summed E-state index contributed by atoms with van der Waals surface area (Å²) in [5.41, 5.74) is 1.27. The van der Waals surface area contributed by atoms with Gasteiger partial charge >= 0.3 is 0 Å². The fraction of sp³-hybridized carbons (Fsp3) is 0.562. The van der Waals surface area contributed by atoms with Crippen molar-refractivity contribution >= 4 is 29.9 Å². The molecule has 0 fully saturated rings. The molecule has 5 heteroatoms. The van der Waals surface area contributed by atoms with Gasteiger partial charge < -0.3 is 15.0 Å². The van der Waals surface area contributed by atoms with E-state index in [0.717, 1.165) is 31.2 Å². The summed E-state index contributed by atoms with van der Waals surface area (Å²) in [7, 11) is 5.61. The molecule has 0 aromatic heterocycles. The van der Waals surface area contributed by atoms with Crippen LogP contribution in [0.3, 0.4) is 0 Å². The molecule has 0 bridgehead atoms. The van der Waals surface area contributed by atoms with E-state index in [1.807, 2.05) is 19.2 Å². The Kier molecular flexibility index (Phi) is 11.1. The number of hydrogen-bond donors (Lipinski definition) is 1. The molecule has 0 saturated carbocycles. The smallest absolute Gasteiger partial charge is 0.193 e. The van der Waals surface area contributed by atoms with E-state index in [1.165, 1.54) is 18.4 Å². The molecule has 0 spiro atoms. The van der Waals surface area contributed by atoms with E-state index in [9.17, 15) is 0 Å².